The number of rotatable bonds is 5. The highest BCUT2D eigenvalue weighted by Gasteiger charge is 2.44. The summed E-state index contributed by atoms with van der Waals surface area (Å²) in [5, 5.41) is 10.00. The Balaban J connectivity index is 2.29. The summed E-state index contributed by atoms with van der Waals surface area (Å²) in [4.78, 5) is 36.4. The Labute approximate surface area is 145 Å². The first-order valence-corrected chi connectivity index (χ1v) is 8.17. The molecule has 1 fully saturated rings. The molecule has 0 aromatic heterocycles. The first-order valence-electron chi connectivity index (χ1n) is 8.17. The average Bonchev–Trinajstić information content (AvgIpc) is 2.44. The SMILES string of the molecule is CCCC1(C)OC(=O)C(=CC2=C(O)OC(C)(CCC)OC2=O)C(=O)O1. The van der Waals surface area contributed by atoms with E-state index in [9.17, 15) is 19.5 Å². The van der Waals surface area contributed by atoms with Crippen LogP contribution in [0.3, 0.4) is 0 Å². The third kappa shape index (κ3) is 3.94. The van der Waals surface area contributed by atoms with E-state index in [0.29, 0.717) is 25.7 Å². The van der Waals surface area contributed by atoms with E-state index in [1.807, 2.05) is 13.8 Å². The van der Waals surface area contributed by atoms with Gasteiger partial charge in [0.25, 0.3) is 17.5 Å². The molecule has 25 heavy (non-hydrogen) atoms. The number of carbonyl (C=O) groups excluding carboxylic acids is 3. The van der Waals surface area contributed by atoms with Crippen molar-refractivity contribution in [1.29, 1.82) is 0 Å². The van der Waals surface area contributed by atoms with Crippen molar-refractivity contribution >= 4 is 17.9 Å². The van der Waals surface area contributed by atoms with Crippen molar-refractivity contribution in [2.24, 2.45) is 0 Å². The summed E-state index contributed by atoms with van der Waals surface area (Å²) in [6.07, 6.45) is 2.86. The molecule has 1 unspecified atom stereocenters. The second kappa shape index (κ2) is 6.78. The minimum Gasteiger partial charge on any atom is -0.480 e. The standard InChI is InChI=1S/C17H22O8/c1-5-7-16(3)22-12(18)10(13(19)23-16)9-11-14(20)24-17(4,8-6-2)25-15(11)21/h9,18H,5-8H2,1-4H3. The minimum atomic E-state index is -1.35. The van der Waals surface area contributed by atoms with E-state index in [0.717, 1.165) is 6.08 Å². The number of cyclic esters (lactones) is 3. The van der Waals surface area contributed by atoms with E-state index in [1.54, 1.807) is 0 Å². The summed E-state index contributed by atoms with van der Waals surface area (Å²) >= 11 is 0. The number of aliphatic hydroxyl groups is 1. The number of carbonyl (C=O) groups is 3. The van der Waals surface area contributed by atoms with Gasteiger partial charge in [0.05, 0.1) is 0 Å². The maximum atomic E-state index is 12.1. The van der Waals surface area contributed by atoms with Crippen molar-refractivity contribution < 1.29 is 38.4 Å². The summed E-state index contributed by atoms with van der Waals surface area (Å²) in [6, 6.07) is 0. The molecule has 0 aliphatic carbocycles. The largest absolute Gasteiger partial charge is 0.480 e. The van der Waals surface area contributed by atoms with E-state index >= 15 is 0 Å². The van der Waals surface area contributed by atoms with Gasteiger partial charge in [-0.05, 0) is 18.9 Å². The van der Waals surface area contributed by atoms with Gasteiger partial charge in [-0.15, -0.1) is 0 Å². The van der Waals surface area contributed by atoms with Gasteiger partial charge >= 0.3 is 17.9 Å². The van der Waals surface area contributed by atoms with Gasteiger partial charge in [0.15, 0.2) is 0 Å². The lowest BCUT2D eigenvalue weighted by Crippen LogP contribution is -2.44. The lowest BCUT2D eigenvalue weighted by Gasteiger charge is -2.34. The Morgan fingerprint density at radius 1 is 0.840 bits per heavy atom. The van der Waals surface area contributed by atoms with E-state index in [2.05, 4.69) is 0 Å². The molecule has 1 N–H and O–H groups in total. The smallest absolute Gasteiger partial charge is 0.348 e. The van der Waals surface area contributed by atoms with Crippen LogP contribution in [0.1, 0.15) is 53.4 Å². The lowest BCUT2D eigenvalue weighted by molar-refractivity contribution is -0.232. The highest BCUT2D eigenvalue weighted by atomic mass is 16.8. The molecule has 1 saturated heterocycles. The highest BCUT2D eigenvalue weighted by Crippen LogP contribution is 2.32. The summed E-state index contributed by atoms with van der Waals surface area (Å²) in [6.45, 7) is 6.70. The van der Waals surface area contributed by atoms with Gasteiger partial charge in [0.2, 0.25) is 0 Å². The Morgan fingerprint density at radius 3 is 1.72 bits per heavy atom. The van der Waals surface area contributed by atoms with Gasteiger partial charge < -0.3 is 24.1 Å². The molecule has 2 aliphatic heterocycles. The maximum absolute atomic E-state index is 12.1. The molecule has 8 nitrogen and oxygen atoms in total. The fourth-order valence-corrected chi connectivity index (χ4v) is 2.72. The molecule has 138 valence electrons. The third-order valence-electron chi connectivity index (χ3n) is 3.83. The molecule has 0 spiro atoms. The predicted molar refractivity (Wildman–Crippen MR) is 83.7 cm³/mol. The second-order valence-corrected chi connectivity index (χ2v) is 6.32. The van der Waals surface area contributed by atoms with E-state index < -0.39 is 46.6 Å². The van der Waals surface area contributed by atoms with Crippen LogP contribution in [0, 0.1) is 0 Å². The van der Waals surface area contributed by atoms with Gasteiger partial charge in [-0.2, -0.15) is 0 Å². The fourth-order valence-electron chi connectivity index (χ4n) is 2.72. The summed E-state index contributed by atoms with van der Waals surface area (Å²) in [7, 11) is 0. The van der Waals surface area contributed by atoms with Gasteiger partial charge in [-0.1, -0.05) is 13.8 Å². The van der Waals surface area contributed by atoms with Gasteiger partial charge in [-0.3, -0.25) is 0 Å². The van der Waals surface area contributed by atoms with Gasteiger partial charge in [0, 0.05) is 26.7 Å². The summed E-state index contributed by atoms with van der Waals surface area (Å²) < 4.78 is 20.7. The number of hydrogen-bond donors (Lipinski definition) is 1. The zero-order valence-electron chi connectivity index (χ0n) is 14.7. The Kier molecular flexibility index (Phi) is 5.10. The Morgan fingerprint density at radius 2 is 1.28 bits per heavy atom. The van der Waals surface area contributed by atoms with Gasteiger partial charge in [-0.25, -0.2) is 14.4 Å². The first-order chi connectivity index (χ1) is 11.6. The number of hydrogen-bond acceptors (Lipinski definition) is 8. The van der Waals surface area contributed by atoms with Crippen LogP contribution in [0.25, 0.3) is 0 Å². The van der Waals surface area contributed by atoms with E-state index in [-0.39, 0.29) is 0 Å². The number of aliphatic hydroxyl groups excluding tert-OH is 1. The first kappa shape index (κ1) is 18.8. The maximum Gasteiger partial charge on any atom is 0.348 e. The van der Waals surface area contributed by atoms with Crippen LogP contribution in [0.4, 0.5) is 0 Å². The molecule has 8 heteroatoms. The molecule has 0 radical (unpaired) electrons. The van der Waals surface area contributed by atoms with Crippen molar-refractivity contribution in [2.45, 2.75) is 65.0 Å². The van der Waals surface area contributed by atoms with Crippen LogP contribution in [0.15, 0.2) is 23.2 Å². The molecule has 0 amide bonds. The predicted octanol–water partition coefficient (Wildman–Crippen LogP) is 2.39. The topological polar surface area (TPSA) is 108 Å². The van der Waals surface area contributed by atoms with Crippen LogP contribution in [-0.4, -0.2) is 34.6 Å². The van der Waals surface area contributed by atoms with Crippen LogP contribution in [0.2, 0.25) is 0 Å². The molecule has 0 bridgehead atoms. The summed E-state index contributed by atoms with van der Waals surface area (Å²) in [5.74, 6) is -6.16. The number of ether oxygens (including phenoxy) is 4. The molecule has 2 aliphatic rings. The summed E-state index contributed by atoms with van der Waals surface area (Å²) in [5.41, 5.74) is -0.966. The average molecular weight is 354 g/mol. The molecule has 1 atom stereocenters. The highest BCUT2D eigenvalue weighted by molar-refractivity contribution is 6.16. The Hall–Kier alpha value is -2.51. The van der Waals surface area contributed by atoms with Crippen molar-refractivity contribution in [1.82, 2.24) is 0 Å². The molecular formula is C17H22O8. The Bertz CT molecular complexity index is 640. The normalized spacial score (nSPS) is 29.6. The molecule has 0 saturated carbocycles. The van der Waals surface area contributed by atoms with Gasteiger partial charge in [0.1, 0.15) is 11.1 Å². The van der Waals surface area contributed by atoms with Crippen LogP contribution >= 0.6 is 0 Å². The zero-order chi connectivity index (χ0) is 18.8. The molecule has 2 heterocycles. The van der Waals surface area contributed by atoms with Crippen LogP contribution in [0.5, 0.6) is 0 Å². The minimum absolute atomic E-state index is 0.340. The van der Waals surface area contributed by atoms with E-state index in [1.165, 1.54) is 13.8 Å². The molecular weight excluding hydrogens is 332 g/mol. The van der Waals surface area contributed by atoms with E-state index in [4.69, 9.17) is 18.9 Å². The monoisotopic (exact) mass is 354 g/mol. The third-order valence-corrected chi connectivity index (χ3v) is 3.83. The second-order valence-electron chi connectivity index (χ2n) is 6.32. The van der Waals surface area contributed by atoms with Crippen LogP contribution < -0.4 is 0 Å². The number of esters is 3. The van der Waals surface area contributed by atoms with Crippen LogP contribution in [-0.2, 0) is 33.3 Å². The molecule has 0 aromatic rings. The zero-order valence-corrected chi connectivity index (χ0v) is 14.7. The fraction of sp³-hybridized carbons (Fsp3) is 0.588. The van der Waals surface area contributed by atoms with Crippen molar-refractivity contribution in [3.63, 3.8) is 0 Å². The van der Waals surface area contributed by atoms with Crippen molar-refractivity contribution in [2.75, 3.05) is 0 Å². The van der Waals surface area contributed by atoms with Crippen molar-refractivity contribution in [3.8, 4) is 0 Å². The van der Waals surface area contributed by atoms with Crippen molar-refractivity contribution in [3.05, 3.63) is 23.2 Å². The quantitative estimate of drug-likeness (QED) is 0.455. The lowest BCUT2D eigenvalue weighted by atomic mass is 10.1. The molecule has 2 rings (SSSR count). The molecule has 0 aromatic carbocycles.